The Kier molecular flexibility index (Phi) is 40.8. The molecule has 0 saturated carbocycles. The van der Waals surface area contributed by atoms with E-state index in [2.05, 4.69) is 36.7 Å². The minimum absolute atomic E-state index is 0.163. The molecule has 0 spiro atoms. The number of carbonyl (C=O) groups excluding carboxylic acids is 4. The molecule has 7 atom stereocenters. The van der Waals surface area contributed by atoms with E-state index >= 15 is 0 Å². The molecule has 0 aromatic carbocycles. The Labute approximate surface area is 417 Å². The molecule has 0 unspecified atom stereocenters. The van der Waals surface area contributed by atoms with E-state index in [-0.39, 0.29) is 38.2 Å². The van der Waals surface area contributed by atoms with Gasteiger partial charge in [-0.25, -0.2) is 0 Å². The Bertz CT molecular complexity index is 1310. The van der Waals surface area contributed by atoms with Crippen molar-refractivity contribution in [3.8, 4) is 0 Å². The summed E-state index contributed by atoms with van der Waals surface area (Å²) in [5.74, 6) is -3.16. The fourth-order valence-corrected chi connectivity index (χ4v) is 8.90. The molecular formula is C54H101N3O12. The summed E-state index contributed by atoms with van der Waals surface area (Å²) in [6.07, 6.45) is 28.5. The van der Waals surface area contributed by atoms with Crippen LogP contribution < -0.4 is 16.0 Å². The van der Waals surface area contributed by atoms with Gasteiger partial charge in [0.15, 0.2) is 6.29 Å². The number of unbranched alkanes of at least 4 members (excludes halogenated alkanes) is 28. The number of hydrogen-bond acceptors (Lipinski definition) is 11. The van der Waals surface area contributed by atoms with Crippen LogP contribution in [0.2, 0.25) is 0 Å². The van der Waals surface area contributed by atoms with E-state index in [0.717, 1.165) is 70.6 Å². The number of hydrogen-bond donors (Lipinski definition) is 7. The van der Waals surface area contributed by atoms with Crippen molar-refractivity contribution >= 4 is 29.7 Å². The maximum Gasteiger partial charge on any atom is 0.306 e. The summed E-state index contributed by atoms with van der Waals surface area (Å²) in [5, 5.41) is 49.1. The lowest BCUT2D eigenvalue weighted by atomic mass is 9.96. The molecular weight excluding hydrogens is 883 g/mol. The van der Waals surface area contributed by atoms with Crippen molar-refractivity contribution in [1.82, 2.24) is 16.0 Å². The smallest absolute Gasteiger partial charge is 0.306 e. The van der Waals surface area contributed by atoms with E-state index in [4.69, 9.17) is 19.3 Å². The molecule has 0 radical (unpaired) electrons. The number of nitrogens with one attached hydrogen (secondary N) is 3. The molecule has 15 heteroatoms. The van der Waals surface area contributed by atoms with Crippen LogP contribution in [0.15, 0.2) is 0 Å². The summed E-state index contributed by atoms with van der Waals surface area (Å²) in [6.45, 7) is 5.25. The van der Waals surface area contributed by atoms with Gasteiger partial charge in [-0.15, -0.1) is 0 Å². The molecule has 0 aromatic rings. The zero-order valence-corrected chi connectivity index (χ0v) is 43.7. The number of carboxylic acids is 1. The molecule has 0 bridgehead atoms. The Morgan fingerprint density at radius 3 is 1.48 bits per heavy atom. The molecule has 1 heterocycles. The van der Waals surface area contributed by atoms with Crippen molar-refractivity contribution in [1.29, 1.82) is 0 Å². The second kappa shape index (κ2) is 43.9. The van der Waals surface area contributed by atoms with Crippen LogP contribution in [0.25, 0.3) is 0 Å². The highest BCUT2D eigenvalue weighted by Crippen LogP contribution is 2.24. The fraction of sp³-hybridized carbons (Fsp3) is 0.907. The standard InChI is InChI=1S/C54H101N3O12/c1-4-7-10-13-16-19-21-24-27-30-33-36-46(59)56-44(53(66)55-39-38-48(61)62)42-67-54-50(52(65)51(64)45(41-58)69-54)57-47(60)40-43(35-32-29-26-23-18-15-12-9-6-3)68-49(63)37-34-31-28-25-22-20-17-14-11-8-5-2/h43-45,50-52,54,58,64-65H,4-42H2,1-3H3,(H,55,66)(H,56,59)(H,57,60)(H,61,62)/t43-,44+,45-,50-,51-,52-,54-/m1/s1. The first-order chi connectivity index (χ1) is 33.5. The first-order valence-electron chi connectivity index (χ1n) is 28.0. The second-order valence-electron chi connectivity index (χ2n) is 19.7. The third-order valence-electron chi connectivity index (χ3n) is 13.3. The molecule has 404 valence electrons. The van der Waals surface area contributed by atoms with E-state index in [1.54, 1.807) is 0 Å². The first kappa shape index (κ1) is 64.2. The number of aliphatic hydroxyl groups excluding tert-OH is 3. The molecule has 1 saturated heterocycles. The maximum atomic E-state index is 13.8. The third kappa shape index (κ3) is 34.2. The largest absolute Gasteiger partial charge is 0.481 e. The minimum atomic E-state index is -1.66. The lowest BCUT2D eigenvalue weighted by molar-refractivity contribution is -0.271. The predicted molar refractivity (Wildman–Crippen MR) is 271 cm³/mol. The molecule has 1 fully saturated rings. The number of esters is 1. The SMILES string of the molecule is CCCCCCCCCCCCCC(=O)N[C@@H](CO[C@@H]1O[C@H](CO)[C@@H](O)[C@H](O)[C@H]1NC(=O)C[C@@H](CCCCCCCCCCC)OC(=O)CCCCCCCCCCCCC)C(=O)NCCC(=O)O. The number of carboxylic acid groups (broad SMARTS) is 1. The van der Waals surface area contributed by atoms with Gasteiger partial charge in [-0.1, -0.05) is 201 Å². The third-order valence-corrected chi connectivity index (χ3v) is 13.3. The van der Waals surface area contributed by atoms with Gasteiger partial charge in [0.05, 0.1) is 26.1 Å². The summed E-state index contributed by atoms with van der Waals surface area (Å²) in [4.78, 5) is 64.4. The van der Waals surface area contributed by atoms with Crippen LogP contribution in [0.5, 0.6) is 0 Å². The van der Waals surface area contributed by atoms with Crippen LogP contribution in [0.3, 0.4) is 0 Å². The van der Waals surface area contributed by atoms with Crippen LogP contribution in [0.1, 0.15) is 252 Å². The van der Waals surface area contributed by atoms with Gasteiger partial charge in [0.1, 0.15) is 36.5 Å². The summed E-state index contributed by atoms with van der Waals surface area (Å²) < 4.78 is 17.7. The Morgan fingerprint density at radius 1 is 0.565 bits per heavy atom. The van der Waals surface area contributed by atoms with Crippen molar-refractivity contribution < 1.29 is 58.6 Å². The lowest BCUT2D eigenvalue weighted by Crippen LogP contribution is -2.65. The molecule has 7 N–H and O–H groups in total. The van der Waals surface area contributed by atoms with Crippen LogP contribution >= 0.6 is 0 Å². The fourth-order valence-electron chi connectivity index (χ4n) is 8.90. The lowest BCUT2D eigenvalue weighted by Gasteiger charge is -2.42. The molecule has 69 heavy (non-hydrogen) atoms. The topological polar surface area (TPSA) is 230 Å². The van der Waals surface area contributed by atoms with Gasteiger partial charge in [-0.05, 0) is 25.7 Å². The summed E-state index contributed by atoms with van der Waals surface area (Å²) in [5.41, 5.74) is 0. The normalized spacial score (nSPS) is 18.9. The monoisotopic (exact) mass is 984 g/mol. The van der Waals surface area contributed by atoms with Gasteiger partial charge in [0, 0.05) is 19.4 Å². The average molecular weight is 984 g/mol. The summed E-state index contributed by atoms with van der Waals surface area (Å²) in [7, 11) is 0. The van der Waals surface area contributed by atoms with Gasteiger partial charge < -0.3 is 50.6 Å². The van der Waals surface area contributed by atoms with Crippen molar-refractivity contribution in [2.45, 2.75) is 295 Å². The number of rotatable bonds is 47. The summed E-state index contributed by atoms with van der Waals surface area (Å²) >= 11 is 0. The van der Waals surface area contributed by atoms with Gasteiger partial charge in [-0.3, -0.25) is 24.0 Å². The van der Waals surface area contributed by atoms with Crippen LogP contribution in [0, 0.1) is 0 Å². The van der Waals surface area contributed by atoms with Crippen LogP contribution in [-0.2, 0) is 38.2 Å². The van der Waals surface area contributed by atoms with E-state index in [0.29, 0.717) is 19.3 Å². The highest BCUT2D eigenvalue weighted by atomic mass is 16.7. The first-order valence-corrected chi connectivity index (χ1v) is 28.0. The highest BCUT2D eigenvalue weighted by Gasteiger charge is 2.46. The van der Waals surface area contributed by atoms with Gasteiger partial charge >= 0.3 is 11.9 Å². The van der Waals surface area contributed by atoms with E-state index < -0.39 is 79.7 Å². The van der Waals surface area contributed by atoms with Crippen LogP contribution in [-0.4, -0.2) is 113 Å². The molecule has 1 aliphatic rings. The van der Waals surface area contributed by atoms with Crippen molar-refractivity contribution in [2.24, 2.45) is 0 Å². The molecule has 15 nitrogen and oxygen atoms in total. The minimum Gasteiger partial charge on any atom is -0.481 e. The zero-order chi connectivity index (χ0) is 50.7. The highest BCUT2D eigenvalue weighted by molar-refractivity contribution is 5.88. The van der Waals surface area contributed by atoms with Crippen molar-refractivity contribution in [3.63, 3.8) is 0 Å². The number of carbonyl (C=O) groups is 5. The van der Waals surface area contributed by atoms with Gasteiger partial charge in [-0.2, -0.15) is 0 Å². The van der Waals surface area contributed by atoms with Crippen molar-refractivity contribution in [3.05, 3.63) is 0 Å². The summed E-state index contributed by atoms with van der Waals surface area (Å²) in [6, 6.07) is -2.67. The Balaban J connectivity index is 2.94. The molecule has 1 aliphatic heterocycles. The molecule has 0 aliphatic carbocycles. The number of aliphatic carboxylic acids is 1. The van der Waals surface area contributed by atoms with Gasteiger partial charge in [0.2, 0.25) is 17.7 Å². The maximum absolute atomic E-state index is 13.8. The van der Waals surface area contributed by atoms with E-state index in [9.17, 15) is 39.3 Å². The molecule has 1 rings (SSSR count). The van der Waals surface area contributed by atoms with Crippen LogP contribution in [0.4, 0.5) is 0 Å². The molecule has 3 amide bonds. The zero-order valence-electron chi connectivity index (χ0n) is 43.7. The van der Waals surface area contributed by atoms with E-state index in [1.807, 2.05) is 0 Å². The molecule has 0 aromatic heterocycles. The predicted octanol–water partition coefficient (Wildman–Crippen LogP) is 9.63. The Morgan fingerprint density at radius 2 is 1.01 bits per heavy atom. The number of ether oxygens (including phenoxy) is 3. The van der Waals surface area contributed by atoms with E-state index in [1.165, 1.54) is 116 Å². The number of aliphatic hydroxyl groups is 3. The Hall–Kier alpha value is -2.85. The van der Waals surface area contributed by atoms with Gasteiger partial charge in [0.25, 0.3) is 0 Å². The quantitative estimate of drug-likeness (QED) is 0.0223. The second-order valence-corrected chi connectivity index (χ2v) is 19.7. The van der Waals surface area contributed by atoms with Crippen molar-refractivity contribution in [2.75, 3.05) is 19.8 Å². The average Bonchev–Trinajstić information content (AvgIpc) is 3.32. The number of amides is 3.